The zero-order valence-electron chi connectivity index (χ0n) is 34.1. The number of carbonyl (C=O) groups excluding carboxylic acids is 4. The summed E-state index contributed by atoms with van der Waals surface area (Å²) in [5, 5.41) is 5.37. The monoisotopic (exact) mass is 802 g/mol. The smallest absolute Gasteiger partial charge is 0.407 e. The molecule has 0 aliphatic carbocycles. The number of H-pyrrole nitrogens is 2. The molecule has 0 radical (unpaired) electrons. The highest BCUT2D eigenvalue weighted by molar-refractivity contribution is 5.87. The topological polar surface area (TPSA) is 200 Å². The van der Waals surface area contributed by atoms with Gasteiger partial charge in [0, 0.05) is 36.6 Å². The van der Waals surface area contributed by atoms with Crippen molar-refractivity contribution in [3.63, 3.8) is 0 Å². The standard InChI is InChI=1S/C43H50N10O6/c1-24(2)35(49-42(56)58-5)40(54)52-18-8-7-10-34(52)39-47-31-20-29(22-45-37(31)51-39)30-17-16-28(21-44-30)26-12-14-27(15-13-26)32-23-46-38(48-32)33-11-9-19-53(33)41(55)36(25(3)4)50-43(57)59-6/h7,10,12-17,20-25,33-36H,8-9,11,18-19H2,1-6H3,(H,46,48)(H,49,56)(H,50,57)(H,45,47,51). The molecule has 2 aliphatic heterocycles. The first-order valence-electron chi connectivity index (χ1n) is 19.9. The van der Waals surface area contributed by atoms with Crippen LogP contribution in [0.15, 0.2) is 73.2 Å². The SMILES string of the molecule is COC(=O)NC(C(=O)N1CCC=CC1c1nc2ncc(-c3ccc(-c4ccc(-c5cnc(C6CCCN6C(=O)C(NC(=O)OC)C(C)C)[nH]5)cc4)cn3)cc2[nH]1)C(C)C. The minimum Gasteiger partial charge on any atom is -0.453 e. The summed E-state index contributed by atoms with van der Waals surface area (Å²) >= 11 is 0. The number of nitrogens with zero attached hydrogens (tertiary/aromatic N) is 6. The first kappa shape index (κ1) is 40.6. The van der Waals surface area contributed by atoms with Crippen LogP contribution in [0.3, 0.4) is 0 Å². The lowest BCUT2D eigenvalue weighted by Gasteiger charge is -2.35. The molecule has 4 aromatic heterocycles. The van der Waals surface area contributed by atoms with Gasteiger partial charge < -0.3 is 39.9 Å². The van der Waals surface area contributed by atoms with E-state index in [4.69, 9.17) is 19.4 Å². The Labute approximate surface area is 342 Å². The Morgan fingerprint density at radius 3 is 2.02 bits per heavy atom. The number of hydrogen-bond acceptors (Lipinski definition) is 10. The molecular weight excluding hydrogens is 753 g/mol. The maximum absolute atomic E-state index is 13.7. The summed E-state index contributed by atoms with van der Waals surface area (Å²) in [6.07, 6.45) is 10.3. The molecule has 4 amide bonds. The number of hydrogen-bond donors (Lipinski definition) is 4. The number of likely N-dealkylation sites (tertiary alicyclic amines) is 1. The number of nitrogens with one attached hydrogen (secondary N) is 4. The molecule has 308 valence electrons. The van der Waals surface area contributed by atoms with Crippen LogP contribution in [0, 0.1) is 11.8 Å². The summed E-state index contributed by atoms with van der Waals surface area (Å²) in [4.78, 5) is 80.3. The van der Waals surface area contributed by atoms with E-state index in [-0.39, 0.29) is 29.7 Å². The van der Waals surface area contributed by atoms with Gasteiger partial charge in [-0.1, -0.05) is 70.2 Å². The van der Waals surface area contributed by atoms with E-state index in [2.05, 4.69) is 30.6 Å². The molecule has 4 unspecified atom stereocenters. The van der Waals surface area contributed by atoms with Crippen LogP contribution in [0.1, 0.15) is 70.7 Å². The van der Waals surface area contributed by atoms with Crippen molar-refractivity contribution in [1.29, 1.82) is 0 Å². The van der Waals surface area contributed by atoms with Crippen molar-refractivity contribution in [2.45, 2.75) is 71.1 Å². The third-order valence-electron chi connectivity index (χ3n) is 10.9. The molecule has 0 bridgehead atoms. The quantitative estimate of drug-likeness (QED) is 0.109. The number of methoxy groups -OCH3 is 2. The Morgan fingerprint density at radius 1 is 0.729 bits per heavy atom. The van der Waals surface area contributed by atoms with Crippen LogP contribution in [-0.4, -0.2) is 103 Å². The molecule has 16 heteroatoms. The fraction of sp³-hybridized carbons (Fsp3) is 0.395. The van der Waals surface area contributed by atoms with Crippen LogP contribution < -0.4 is 10.6 Å². The first-order valence-corrected chi connectivity index (χ1v) is 19.9. The average Bonchev–Trinajstić information content (AvgIpc) is 4.04. The van der Waals surface area contributed by atoms with Crippen molar-refractivity contribution in [2.75, 3.05) is 27.3 Å². The normalized spacial score (nSPS) is 17.6. The molecule has 4 N–H and O–H groups in total. The lowest BCUT2D eigenvalue weighted by atomic mass is 10.00. The minimum absolute atomic E-state index is 0.113. The van der Waals surface area contributed by atoms with E-state index < -0.39 is 30.3 Å². The zero-order valence-corrected chi connectivity index (χ0v) is 34.1. The molecule has 1 saturated heterocycles. The van der Waals surface area contributed by atoms with Gasteiger partial charge in [0.25, 0.3) is 0 Å². The van der Waals surface area contributed by atoms with Crippen LogP contribution in [-0.2, 0) is 19.1 Å². The molecule has 4 atom stereocenters. The molecule has 0 spiro atoms. The van der Waals surface area contributed by atoms with E-state index in [1.807, 2.05) is 88.5 Å². The van der Waals surface area contributed by atoms with Crippen molar-refractivity contribution in [3.05, 3.63) is 84.9 Å². The summed E-state index contributed by atoms with van der Waals surface area (Å²) in [6, 6.07) is 11.9. The maximum Gasteiger partial charge on any atom is 0.407 e. The first-order chi connectivity index (χ1) is 28.4. The molecular formula is C43H50N10O6. The van der Waals surface area contributed by atoms with E-state index in [1.165, 1.54) is 14.2 Å². The summed E-state index contributed by atoms with van der Waals surface area (Å²) < 4.78 is 9.52. The second-order valence-corrected chi connectivity index (χ2v) is 15.5. The lowest BCUT2D eigenvalue weighted by molar-refractivity contribution is -0.136. The summed E-state index contributed by atoms with van der Waals surface area (Å²) in [5.74, 6) is 0.662. The van der Waals surface area contributed by atoms with Gasteiger partial charge in [-0.05, 0) is 54.4 Å². The number of pyridine rings is 2. The Morgan fingerprint density at radius 2 is 1.37 bits per heavy atom. The summed E-state index contributed by atoms with van der Waals surface area (Å²) in [7, 11) is 2.56. The van der Waals surface area contributed by atoms with Crippen LogP contribution in [0.5, 0.6) is 0 Å². The number of fused-ring (bicyclic) bond motifs is 1. The number of alkyl carbamates (subject to hydrolysis) is 2. The van der Waals surface area contributed by atoms with Gasteiger partial charge in [0.2, 0.25) is 11.8 Å². The van der Waals surface area contributed by atoms with E-state index in [9.17, 15) is 19.2 Å². The number of aromatic nitrogens is 6. The number of imidazole rings is 2. The molecule has 1 fully saturated rings. The van der Waals surface area contributed by atoms with Crippen LogP contribution >= 0.6 is 0 Å². The van der Waals surface area contributed by atoms with Gasteiger partial charge in [0.15, 0.2) is 5.65 Å². The Hall–Kier alpha value is -6.58. The van der Waals surface area contributed by atoms with Gasteiger partial charge in [-0.3, -0.25) is 14.6 Å². The van der Waals surface area contributed by atoms with Crippen molar-refractivity contribution in [3.8, 4) is 33.6 Å². The molecule has 7 rings (SSSR count). The largest absolute Gasteiger partial charge is 0.453 e. The van der Waals surface area contributed by atoms with Crippen molar-refractivity contribution >= 4 is 35.2 Å². The Kier molecular flexibility index (Phi) is 12.0. The predicted octanol–water partition coefficient (Wildman–Crippen LogP) is 6.33. The van der Waals surface area contributed by atoms with Crippen molar-refractivity contribution in [2.24, 2.45) is 11.8 Å². The van der Waals surface area contributed by atoms with Crippen LogP contribution in [0.4, 0.5) is 9.59 Å². The third kappa shape index (κ3) is 8.66. The van der Waals surface area contributed by atoms with Gasteiger partial charge in [0.1, 0.15) is 29.8 Å². The number of amides is 4. The summed E-state index contributed by atoms with van der Waals surface area (Å²) in [5.41, 5.74) is 6.50. The number of carbonyl (C=O) groups is 4. The molecule has 16 nitrogen and oxygen atoms in total. The van der Waals surface area contributed by atoms with Gasteiger partial charge >= 0.3 is 12.2 Å². The Bertz CT molecular complexity index is 2330. The van der Waals surface area contributed by atoms with Crippen molar-refractivity contribution < 1.29 is 28.7 Å². The lowest BCUT2D eigenvalue weighted by Crippen LogP contribution is -2.52. The molecule has 2 aliphatic rings. The van der Waals surface area contributed by atoms with E-state index >= 15 is 0 Å². The third-order valence-corrected chi connectivity index (χ3v) is 10.9. The Balaban J connectivity index is 1.03. The highest BCUT2D eigenvalue weighted by Gasteiger charge is 2.38. The number of aromatic amines is 2. The molecule has 59 heavy (non-hydrogen) atoms. The van der Waals surface area contributed by atoms with Gasteiger partial charge in [0.05, 0.1) is 43.4 Å². The molecule has 5 aromatic rings. The van der Waals surface area contributed by atoms with Gasteiger partial charge in [-0.15, -0.1) is 0 Å². The van der Waals surface area contributed by atoms with Crippen LogP contribution in [0.25, 0.3) is 44.8 Å². The molecule has 1 aromatic carbocycles. The highest BCUT2D eigenvalue weighted by Crippen LogP contribution is 2.34. The average molecular weight is 803 g/mol. The fourth-order valence-corrected chi connectivity index (χ4v) is 7.67. The zero-order chi connectivity index (χ0) is 41.8. The second-order valence-electron chi connectivity index (χ2n) is 15.5. The molecule has 6 heterocycles. The second kappa shape index (κ2) is 17.5. The molecule has 0 saturated carbocycles. The van der Waals surface area contributed by atoms with E-state index in [1.54, 1.807) is 22.2 Å². The predicted molar refractivity (Wildman–Crippen MR) is 220 cm³/mol. The maximum atomic E-state index is 13.7. The van der Waals surface area contributed by atoms with E-state index in [0.29, 0.717) is 42.3 Å². The van der Waals surface area contributed by atoms with Gasteiger partial charge in [-0.2, -0.15) is 0 Å². The number of rotatable bonds is 11. The minimum atomic E-state index is -0.751. The van der Waals surface area contributed by atoms with E-state index in [0.717, 1.165) is 46.5 Å². The summed E-state index contributed by atoms with van der Waals surface area (Å²) in [6.45, 7) is 8.61. The fourth-order valence-electron chi connectivity index (χ4n) is 7.67. The number of ether oxygens (including phenoxy) is 2. The van der Waals surface area contributed by atoms with Gasteiger partial charge in [-0.25, -0.2) is 24.5 Å². The van der Waals surface area contributed by atoms with Crippen molar-refractivity contribution in [1.82, 2.24) is 50.3 Å². The number of benzene rings is 1. The van der Waals surface area contributed by atoms with Crippen LogP contribution in [0.2, 0.25) is 0 Å². The highest BCUT2D eigenvalue weighted by atomic mass is 16.5.